The summed E-state index contributed by atoms with van der Waals surface area (Å²) in [4.78, 5) is 13.0. The number of aliphatic hydroxyl groups excluding tert-OH is 1. The summed E-state index contributed by atoms with van der Waals surface area (Å²) in [6, 6.07) is 6.16. The molecule has 1 aliphatic heterocycles. The lowest BCUT2D eigenvalue weighted by Crippen LogP contribution is -2.45. The third kappa shape index (κ3) is 2.24. The maximum atomic E-state index is 13.0. The summed E-state index contributed by atoms with van der Waals surface area (Å²) < 4.78 is 17.0. The zero-order valence-corrected chi connectivity index (χ0v) is 14.3. The molecule has 0 aliphatic carbocycles. The number of aliphatic hydroxyl groups is 2. The molecule has 0 fully saturated rings. The largest absolute Gasteiger partial charge is 0.504 e. The molecule has 3 N–H and O–H groups in total. The zero-order chi connectivity index (χ0) is 18.6. The highest BCUT2D eigenvalue weighted by atomic mass is 16.5. The van der Waals surface area contributed by atoms with Crippen LogP contribution in [0.5, 0.6) is 17.2 Å². The topological polar surface area (TPSA) is 109 Å². The van der Waals surface area contributed by atoms with E-state index < -0.39 is 18.3 Å². The van der Waals surface area contributed by atoms with Crippen molar-refractivity contribution in [1.82, 2.24) is 0 Å². The van der Waals surface area contributed by atoms with Gasteiger partial charge in [0.25, 0.3) is 0 Å². The molecule has 0 spiro atoms. The molecule has 0 saturated heterocycles. The molecule has 7 heteroatoms. The van der Waals surface area contributed by atoms with E-state index in [0.717, 1.165) is 0 Å². The summed E-state index contributed by atoms with van der Waals surface area (Å²) in [5.74, 6) is 0.545. The van der Waals surface area contributed by atoms with Crippen LogP contribution in [0.1, 0.15) is 12.5 Å². The van der Waals surface area contributed by atoms with E-state index in [-0.39, 0.29) is 45.3 Å². The number of aromatic hydroxyl groups is 1. The highest BCUT2D eigenvalue weighted by Crippen LogP contribution is 2.43. The van der Waals surface area contributed by atoms with Crippen LogP contribution in [0, 0.1) is 0 Å². The van der Waals surface area contributed by atoms with Crippen LogP contribution in [-0.2, 0) is 6.42 Å². The molecule has 136 valence electrons. The van der Waals surface area contributed by atoms with Crippen molar-refractivity contribution in [2.24, 2.45) is 0 Å². The number of ether oxygens (including phenoxy) is 2. The SMILES string of the molecule is COc1cc2c(c3oc4c(O)cccc4c(=O)c13)C[C@H]([C@](C)(O)CO)O2. The van der Waals surface area contributed by atoms with Gasteiger partial charge >= 0.3 is 0 Å². The standard InChI is InChI=1S/C19H18O7/c1-19(23,8-20)14-6-10-12(25-14)7-13(24-2)15-16(22)9-4-3-5-11(21)17(9)26-18(10)15/h3-5,7,14,20-21,23H,6,8H2,1-2H3/t14-,19-/m1/s1. The van der Waals surface area contributed by atoms with Gasteiger partial charge in [0.15, 0.2) is 11.3 Å². The second-order valence-corrected chi connectivity index (χ2v) is 6.67. The number of benzene rings is 2. The third-order valence-electron chi connectivity index (χ3n) is 4.87. The lowest BCUT2D eigenvalue weighted by atomic mass is 9.95. The Hall–Kier alpha value is -2.77. The van der Waals surface area contributed by atoms with Crippen LogP contribution >= 0.6 is 0 Å². The minimum atomic E-state index is -1.46. The number of rotatable bonds is 3. The molecular formula is C19H18O7. The van der Waals surface area contributed by atoms with Crippen molar-refractivity contribution in [3.05, 3.63) is 40.1 Å². The molecule has 2 atom stereocenters. The van der Waals surface area contributed by atoms with Crippen molar-refractivity contribution in [2.75, 3.05) is 13.7 Å². The van der Waals surface area contributed by atoms with E-state index in [9.17, 15) is 20.1 Å². The van der Waals surface area contributed by atoms with Gasteiger partial charge in [-0.25, -0.2) is 0 Å². The summed E-state index contributed by atoms with van der Waals surface area (Å²) in [6.45, 7) is 0.995. The van der Waals surface area contributed by atoms with E-state index >= 15 is 0 Å². The average Bonchev–Trinajstić information content (AvgIpc) is 3.07. The van der Waals surface area contributed by atoms with Crippen molar-refractivity contribution in [2.45, 2.75) is 25.0 Å². The molecule has 26 heavy (non-hydrogen) atoms. The Kier molecular flexibility index (Phi) is 3.61. The first kappa shape index (κ1) is 16.7. The quantitative estimate of drug-likeness (QED) is 0.612. The van der Waals surface area contributed by atoms with Gasteiger partial charge in [0.1, 0.15) is 34.2 Å². The number of hydrogen-bond acceptors (Lipinski definition) is 7. The molecule has 2 heterocycles. The Labute approximate surface area is 148 Å². The molecule has 0 radical (unpaired) electrons. The smallest absolute Gasteiger partial charge is 0.204 e. The first-order valence-electron chi connectivity index (χ1n) is 8.15. The van der Waals surface area contributed by atoms with E-state index in [2.05, 4.69) is 0 Å². The number of hydrogen-bond donors (Lipinski definition) is 3. The molecule has 7 nitrogen and oxygen atoms in total. The zero-order valence-electron chi connectivity index (χ0n) is 14.3. The lowest BCUT2D eigenvalue weighted by molar-refractivity contribution is -0.0729. The Morgan fingerprint density at radius 3 is 2.81 bits per heavy atom. The molecule has 4 rings (SSSR count). The van der Waals surface area contributed by atoms with Crippen LogP contribution in [0.3, 0.4) is 0 Å². The maximum Gasteiger partial charge on any atom is 0.204 e. The number of para-hydroxylation sites is 1. The van der Waals surface area contributed by atoms with Crippen molar-refractivity contribution < 1.29 is 29.2 Å². The molecular weight excluding hydrogens is 340 g/mol. The third-order valence-corrected chi connectivity index (χ3v) is 4.87. The van der Waals surface area contributed by atoms with Crippen LogP contribution in [-0.4, -0.2) is 40.7 Å². The normalized spacial score (nSPS) is 18.5. The Morgan fingerprint density at radius 1 is 1.35 bits per heavy atom. The first-order valence-corrected chi connectivity index (χ1v) is 8.15. The summed E-state index contributed by atoms with van der Waals surface area (Å²) in [6.07, 6.45) is -0.464. The van der Waals surface area contributed by atoms with Gasteiger partial charge < -0.3 is 29.2 Å². The fourth-order valence-electron chi connectivity index (χ4n) is 3.32. The van der Waals surface area contributed by atoms with Gasteiger partial charge in [-0.15, -0.1) is 0 Å². The van der Waals surface area contributed by atoms with E-state index in [4.69, 9.17) is 13.9 Å². The van der Waals surface area contributed by atoms with Crippen LogP contribution in [0.15, 0.2) is 33.5 Å². The van der Waals surface area contributed by atoms with Crippen LogP contribution in [0.25, 0.3) is 21.9 Å². The van der Waals surface area contributed by atoms with E-state index in [0.29, 0.717) is 11.3 Å². The Morgan fingerprint density at radius 2 is 2.12 bits per heavy atom. The van der Waals surface area contributed by atoms with Gasteiger partial charge in [-0.1, -0.05) is 6.07 Å². The number of fused-ring (bicyclic) bond motifs is 4. The van der Waals surface area contributed by atoms with E-state index in [1.165, 1.54) is 20.1 Å². The number of phenolic OH excluding ortho intramolecular Hbond substituents is 1. The van der Waals surface area contributed by atoms with Gasteiger partial charge in [-0.05, 0) is 19.1 Å². The predicted octanol–water partition coefficient (Wildman–Crippen LogP) is 1.71. The van der Waals surface area contributed by atoms with Gasteiger partial charge in [0, 0.05) is 18.1 Å². The van der Waals surface area contributed by atoms with E-state index in [1.54, 1.807) is 18.2 Å². The molecule has 0 amide bonds. The first-order chi connectivity index (χ1) is 12.4. The molecule has 1 aromatic heterocycles. The Balaban J connectivity index is 2.06. The fraction of sp³-hybridized carbons (Fsp3) is 0.316. The Bertz CT molecular complexity index is 1080. The summed E-state index contributed by atoms with van der Waals surface area (Å²) >= 11 is 0. The van der Waals surface area contributed by atoms with Crippen LogP contribution in [0.2, 0.25) is 0 Å². The minimum absolute atomic E-state index is 0.0813. The van der Waals surface area contributed by atoms with Gasteiger partial charge in [0.2, 0.25) is 5.43 Å². The van der Waals surface area contributed by atoms with Crippen molar-refractivity contribution in [1.29, 1.82) is 0 Å². The molecule has 1 aliphatic rings. The highest BCUT2D eigenvalue weighted by Gasteiger charge is 2.40. The number of methoxy groups -OCH3 is 1. The van der Waals surface area contributed by atoms with Crippen molar-refractivity contribution in [3.8, 4) is 17.2 Å². The minimum Gasteiger partial charge on any atom is -0.504 e. The van der Waals surface area contributed by atoms with E-state index in [1.807, 2.05) is 0 Å². The molecule has 3 aromatic rings. The van der Waals surface area contributed by atoms with Gasteiger partial charge in [-0.3, -0.25) is 4.79 Å². The summed E-state index contributed by atoms with van der Waals surface area (Å²) in [5, 5.41) is 30.3. The molecule has 0 bridgehead atoms. The predicted molar refractivity (Wildman–Crippen MR) is 94.0 cm³/mol. The lowest BCUT2D eigenvalue weighted by Gasteiger charge is -2.26. The fourth-order valence-corrected chi connectivity index (χ4v) is 3.32. The van der Waals surface area contributed by atoms with Gasteiger partial charge in [-0.2, -0.15) is 0 Å². The average molecular weight is 358 g/mol. The summed E-state index contributed by atoms with van der Waals surface area (Å²) in [7, 11) is 1.43. The monoisotopic (exact) mass is 358 g/mol. The molecule has 0 unspecified atom stereocenters. The van der Waals surface area contributed by atoms with Crippen molar-refractivity contribution >= 4 is 21.9 Å². The second kappa shape index (κ2) is 5.62. The van der Waals surface area contributed by atoms with Crippen molar-refractivity contribution in [3.63, 3.8) is 0 Å². The van der Waals surface area contributed by atoms with Gasteiger partial charge in [0.05, 0.1) is 19.1 Å². The number of phenols is 1. The van der Waals surface area contributed by atoms with Crippen LogP contribution in [0.4, 0.5) is 0 Å². The highest BCUT2D eigenvalue weighted by molar-refractivity contribution is 5.97. The summed E-state index contributed by atoms with van der Waals surface area (Å²) in [5.41, 5.74) is -0.874. The van der Waals surface area contributed by atoms with Crippen LogP contribution < -0.4 is 14.9 Å². The molecule has 2 aromatic carbocycles. The maximum absolute atomic E-state index is 13.0. The molecule has 0 saturated carbocycles. The second-order valence-electron chi connectivity index (χ2n) is 6.67.